The molecule has 2 aromatic rings. The van der Waals surface area contributed by atoms with Crippen LogP contribution in [0.2, 0.25) is 0 Å². The van der Waals surface area contributed by atoms with Crippen LogP contribution in [0.15, 0.2) is 23.0 Å². The quantitative estimate of drug-likeness (QED) is 0.470. The van der Waals surface area contributed by atoms with Crippen LogP contribution >= 0.6 is 0 Å². The van der Waals surface area contributed by atoms with Crippen molar-refractivity contribution in [2.24, 2.45) is 0 Å². The smallest absolute Gasteiger partial charge is 0.289 e. The van der Waals surface area contributed by atoms with Crippen LogP contribution in [0.1, 0.15) is 36.9 Å². The number of hydrogen-bond acceptors (Lipinski definition) is 6. The van der Waals surface area contributed by atoms with Gasteiger partial charge in [-0.25, -0.2) is 12.8 Å². The number of nitrogens with zero attached hydrogens (tertiary/aromatic N) is 1. The number of aromatic nitrogens is 1. The first kappa shape index (κ1) is 22.7. The Labute approximate surface area is 183 Å². The standard InChI is InChI=1S/C21H25F2N3O5S/c1-12-4-5-15(14(22)9-12)24-19-17(23)20(29)26-8-2-3-16(26)18(19)25-32(30,31)21(6-7-21)10-13(28)11-27/h4-5,9,13,24-25,27-28H,2-3,6-8,10-11H2,1H3. The largest absolute Gasteiger partial charge is 0.394 e. The van der Waals surface area contributed by atoms with Crippen LogP contribution in [-0.4, -0.2) is 40.7 Å². The van der Waals surface area contributed by atoms with Crippen molar-refractivity contribution in [2.75, 3.05) is 16.6 Å². The zero-order chi connectivity index (χ0) is 23.3. The minimum Gasteiger partial charge on any atom is -0.394 e. The highest BCUT2D eigenvalue weighted by molar-refractivity contribution is 7.94. The lowest BCUT2D eigenvalue weighted by molar-refractivity contribution is 0.0858. The van der Waals surface area contributed by atoms with E-state index in [4.69, 9.17) is 5.11 Å². The third-order valence-corrected chi connectivity index (χ3v) is 8.32. The molecular weight excluding hydrogens is 444 g/mol. The van der Waals surface area contributed by atoms with E-state index in [-0.39, 0.29) is 37.2 Å². The van der Waals surface area contributed by atoms with Gasteiger partial charge in [-0.05, 0) is 56.7 Å². The molecule has 32 heavy (non-hydrogen) atoms. The molecule has 1 aliphatic heterocycles. The van der Waals surface area contributed by atoms with Crippen LogP contribution in [0.25, 0.3) is 0 Å². The van der Waals surface area contributed by atoms with E-state index < -0.39 is 50.4 Å². The van der Waals surface area contributed by atoms with Crippen molar-refractivity contribution in [3.8, 4) is 0 Å². The number of pyridine rings is 1. The van der Waals surface area contributed by atoms with Gasteiger partial charge < -0.3 is 20.1 Å². The maximum Gasteiger partial charge on any atom is 0.289 e. The lowest BCUT2D eigenvalue weighted by Gasteiger charge is -2.23. The molecule has 2 heterocycles. The van der Waals surface area contributed by atoms with Crippen molar-refractivity contribution in [1.82, 2.24) is 4.57 Å². The van der Waals surface area contributed by atoms with Gasteiger partial charge in [-0.15, -0.1) is 0 Å². The molecule has 0 spiro atoms. The second-order valence-corrected chi connectivity index (χ2v) is 10.6. The Morgan fingerprint density at radius 1 is 1.25 bits per heavy atom. The normalized spacial score (nSPS) is 17.7. The highest BCUT2D eigenvalue weighted by Crippen LogP contribution is 2.49. The van der Waals surface area contributed by atoms with Crippen molar-refractivity contribution < 1.29 is 27.4 Å². The SMILES string of the molecule is Cc1ccc(Nc2c(NS(=O)(=O)C3(CC(O)CO)CC3)c3n(c(=O)c2F)CCC3)c(F)c1. The van der Waals surface area contributed by atoms with Crippen molar-refractivity contribution in [3.63, 3.8) is 0 Å². The van der Waals surface area contributed by atoms with Crippen molar-refractivity contribution >= 4 is 27.1 Å². The zero-order valence-corrected chi connectivity index (χ0v) is 18.3. The first-order valence-electron chi connectivity index (χ1n) is 10.4. The van der Waals surface area contributed by atoms with E-state index in [0.29, 0.717) is 24.1 Å². The van der Waals surface area contributed by atoms with Gasteiger partial charge in [0.05, 0.1) is 28.8 Å². The summed E-state index contributed by atoms with van der Waals surface area (Å²) < 4.78 is 58.4. The number of aliphatic hydroxyl groups is 2. The number of aryl methyl sites for hydroxylation is 1. The van der Waals surface area contributed by atoms with E-state index >= 15 is 4.39 Å². The average Bonchev–Trinajstić information content (AvgIpc) is 3.36. The first-order chi connectivity index (χ1) is 15.1. The predicted octanol–water partition coefficient (Wildman–Crippen LogP) is 2.14. The number of nitrogens with one attached hydrogen (secondary N) is 2. The van der Waals surface area contributed by atoms with E-state index in [2.05, 4.69) is 10.0 Å². The van der Waals surface area contributed by atoms with E-state index in [1.54, 1.807) is 13.0 Å². The van der Waals surface area contributed by atoms with Crippen LogP contribution in [0.3, 0.4) is 0 Å². The lowest BCUT2D eigenvalue weighted by atomic mass is 10.2. The number of halogens is 2. The van der Waals surface area contributed by atoms with Gasteiger partial charge in [-0.1, -0.05) is 6.07 Å². The zero-order valence-electron chi connectivity index (χ0n) is 17.5. The molecule has 4 N–H and O–H groups in total. The summed E-state index contributed by atoms with van der Waals surface area (Å²) in [6.45, 7) is 1.35. The summed E-state index contributed by atoms with van der Waals surface area (Å²) >= 11 is 0. The molecule has 4 rings (SSSR count). The van der Waals surface area contributed by atoms with Crippen molar-refractivity contribution in [1.29, 1.82) is 0 Å². The van der Waals surface area contributed by atoms with E-state index in [0.717, 1.165) is 0 Å². The molecule has 1 aliphatic carbocycles. The van der Waals surface area contributed by atoms with Crippen LogP contribution in [0.4, 0.5) is 25.8 Å². The summed E-state index contributed by atoms with van der Waals surface area (Å²) in [6, 6.07) is 4.22. The van der Waals surface area contributed by atoms with Crippen LogP contribution in [0.5, 0.6) is 0 Å². The Balaban J connectivity index is 1.80. The summed E-state index contributed by atoms with van der Waals surface area (Å²) in [5, 5.41) is 21.5. The van der Waals surface area contributed by atoms with Gasteiger partial charge in [-0.2, -0.15) is 4.39 Å². The van der Waals surface area contributed by atoms with E-state index in [1.807, 2.05) is 0 Å². The molecular formula is C21H25F2N3O5S. The van der Waals surface area contributed by atoms with Crippen LogP contribution in [-0.2, 0) is 23.0 Å². The summed E-state index contributed by atoms with van der Waals surface area (Å²) in [5.74, 6) is -1.89. The fourth-order valence-electron chi connectivity index (χ4n) is 4.18. The summed E-state index contributed by atoms with van der Waals surface area (Å²) in [7, 11) is -4.13. The molecule has 174 valence electrons. The number of fused-ring (bicyclic) bond motifs is 1. The highest BCUT2D eigenvalue weighted by Gasteiger charge is 2.55. The van der Waals surface area contributed by atoms with E-state index in [1.165, 1.54) is 16.7 Å². The fraction of sp³-hybridized carbons (Fsp3) is 0.476. The molecule has 0 amide bonds. The van der Waals surface area contributed by atoms with Crippen LogP contribution < -0.4 is 15.6 Å². The number of anilines is 3. The molecule has 1 aromatic heterocycles. The summed E-state index contributed by atoms with van der Waals surface area (Å²) in [6.07, 6.45) is 0.0173. The number of benzene rings is 1. The second-order valence-electron chi connectivity index (χ2n) is 8.51. The molecule has 2 aliphatic rings. The molecule has 8 nitrogen and oxygen atoms in total. The van der Waals surface area contributed by atoms with Crippen molar-refractivity contribution in [2.45, 2.75) is 56.4 Å². The fourth-order valence-corrected chi connectivity index (χ4v) is 5.94. The lowest BCUT2D eigenvalue weighted by Crippen LogP contribution is -2.36. The first-order valence-corrected chi connectivity index (χ1v) is 11.9. The molecule has 1 fully saturated rings. The predicted molar refractivity (Wildman–Crippen MR) is 116 cm³/mol. The third kappa shape index (κ3) is 3.89. The number of sulfonamides is 1. The average molecular weight is 470 g/mol. The van der Waals surface area contributed by atoms with Gasteiger partial charge in [0, 0.05) is 12.2 Å². The maximum absolute atomic E-state index is 15.1. The van der Waals surface area contributed by atoms with Crippen LogP contribution in [0, 0.1) is 18.6 Å². The molecule has 0 radical (unpaired) electrons. The number of rotatable bonds is 8. The molecule has 0 bridgehead atoms. The maximum atomic E-state index is 15.1. The van der Waals surface area contributed by atoms with Gasteiger partial charge in [0.2, 0.25) is 15.8 Å². The molecule has 1 saturated carbocycles. The van der Waals surface area contributed by atoms with E-state index in [9.17, 15) is 22.7 Å². The summed E-state index contributed by atoms with van der Waals surface area (Å²) in [5.41, 5.74) is -0.631. The molecule has 11 heteroatoms. The molecule has 1 atom stereocenters. The Bertz CT molecular complexity index is 1220. The van der Waals surface area contributed by atoms with Crippen molar-refractivity contribution in [3.05, 3.63) is 51.4 Å². The summed E-state index contributed by atoms with van der Waals surface area (Å²) in [4.78, 5) is 12.5. The monoisotopic (exact) mass is 469 g/mol. The highest BCUT2D eigenvalue weighted by atomic mass is 32.2. The topological polar surface area (TPSA) is 121 Å². The third-order valence-electron chi connectivity index (χ3n) is 6.13. The van der Waals surface area contributed by atoms with Gasteiger partial charge >= 0.3 is 0 Å². The van der Waals surface area contributed by atoms with Gasteiger partial charge in [0.25, 0.3) is 5.56 Å². The molecule has 0 saturated heterocycles. The van der Waals surface area contributed by atoms with Gasteiger partial charge in [-0.3, -0.25) is 9.52 Å². The number of hydrogen-bond donors (Lipinski definition) is 4. The minimum atomic E-state index is -4.13. The Hall–Kier alpha value is -2.50. The Morgan fingerprint density at radius 3 is 2.59 bits per heavy atom. The van der Waals surface area contributed by atoms with Gasteiger partial charge in [0.1, 0.15) is 11.5 Å². The minimum absolute atomic E-state index is 0.103. The second kappa shape index (κ2) is 8.13. The van der Waals surface area contributed by atoms with Gasteiger partial charge in [0.15, 0.2) is 0 Å². The number of aliphatic hydroxyl groups excluding tert-OH is 2. The molecule has 1 unspecified atom stereocenters. The Kier molecular flexibility index (Phi) is 5.76. The molecule has 1 aromatic carbocycles. The Morgan fingerprint density at radius 2 is 1.97 bits per heavy atom.